The van der Waals surface area contributed by atoms with Crippen LogP contribution in [0.25, 0.3) is 10.8 Å². The Morgan fingerprint density at radius 3 is 2.50 bits per heavy atom. The van der Waals surface area contributed by atoms with Crippen LogP contribution in [0.3, 0.4) is 0 Å². The second-order valence-corrected chi connectivity index (χ2v) is 4.02. The molecule has 0 bridgehead atoms. The molecule has 0 aliphatic rings. The fraction of sp³-hybridized carbons (Fsp3) is 0.167. The van der Waals surface area contributed by atoms with Crippen molar-refractivity contribution in [3.63, 3.8) is 0 Å². The van der Waals surface area contributed by atoms with Gasteiger partial charge in [0.2, 0.25) is 0 Å². The molecular weight excluding hydrogens is 224 g/mol. The van der Waals surface area contributed by atoms with Crippen LogP contribution < -0.4 is 4.18 Å². The van der Waals surface area contributed by atoms with E-state index in [0.29, 0.717) is 5.75 Å². The van der Waals surface area contributed by atoms with Crippen molar-refractivity contribution in [2.24, 2.45) is 0 Å². The van der Waals surface area contributed by atoms with E-state index in [0.717, 1.165) is 17.2 Å². The van der Waals surface area contributed by atoms with Crippen LogP contribution in [0.2, 0.25) is 0 Å². The molecule has 0 aliphatic heterocycles. The van der Waals surface area contributed by atoms with Gasteiger partial charge in [-0.25, -0.2) is 0 Å². The summed E-state index contributed by atoms with van der Waals surface area (Å²) in [5.74, 6) is 0.439. The zero-order valence-electron chi connectivity index (χ0n) is 8.84. The quantitative estimate of drug-likeness (QED) is 0.833. The molecule has 4 heteroatoms. The Labute approximate surface area is 96.5 Å². The van der Waals surface area contributed by atoms with Gasteiger partial charge in [0.1, 0.15) is 5.75 Å². The highest BCUT2D eigenvalue weighted by Gasteiger charge is 2.07. The Morgan fingerprint density at radius 1 is 1.19 bits per heavy atom. The van der Waals surface area contributed by atoms with E-state index in [1.165, 1.54) is 5.56 Å². The van der Waals surface area contributed by atoms with E-state index >= 15 is 0 Å². The van der Waals surface area contributed by atoms with Gasteiger partial charge in [-0.2, -0.15) is 4.21 Å². The van der Waals surface area contributed by atoms with Gasteiger partial charge in [0.25, 0.3) is 0 Å². The van der Waals surface area contributed by atoms with Crippen LogP contribution in [0.1, 0.15) is 12.5 Å². The Morgan fingerprint density at radius 2 is 1.88 bits per heavy atom. The second kappa shape index (κ2) is 4.63. The lowest BCUT2D eigenvalue weighted by atomic mass is 10.0. The van der Waals surface area contributed by atoms with E-state index < -0.39 is 11.4 Å². The van der Waals surface area contributed by atoms with E-state index in [4.69, 9.17) is 8.74 Å². The van der Waals surface area contributed by atoms with Gasteiger partial charge in [0.15, 0.2) is 0 Å². The molecule has 0 saturated heterocycles. The van der Waals surface area contributed by atoms with Crippen molar-refractivity contribution >= 4 is 22.1 Å². The number of fused-ring (bicyclic) bond motifs is 1. The molecule has 1 N–H and O–H groups in total. The molecule has 0 aliphatic carbocycles. The van der Waals surface area contributed by atoms with Crippen LogP contribution in [0.5, 0.6) is 5.75 Å². The Balaban J connectivity index is 2.64. The second-order valence-electron chi connectivity index (χ2n) is 3.42. The van der Waals surface area contributed by atoms with Crippen LogP contribution in [0, 0.1) is 0 Å². The monoisotopic (exact) mass is 236 g/mol. The summed E-state index contributed by atoms with van der Waals surface area (Å²) < 4.78 is 24.3. The Kier molecular flexibility index (Phi) is 3.22. The molecule has 0 aromatic heterocycles. The van der Waals surface area contributed by atoms with Crippen molar-refractivity contribution in [3.05, 3.63) is 42.0 Å². The van der Waals surface area contributed by atoms with E-state index in [-0.39, 0.29) is 0 Å². The predicted octanol–water partition coefficient (Wildman–Crippen LogP) is 2.92. The molecule has 84 valence electrons. The van der Waals surface area contributed by atoms with E-state index in [1.807, 2.05) is 30.3 Å². The first-order valence-corrected chi connectivity index (χ1v) is 6.05. The highest BCUT2D eigenvalue weighted by molar-refractivity contribution is 7.74. The normalized spacial score (nSPS) is 12.6. The number of aryl methyl sites for hydroxylation is 1. The van der Waals surface area contributed by atoms with Crippen LogP contribution in [0.15, 0.2) is 36.4 Å². The van der Waals surface area contributed by atoms with Crippen molar-refractivity contribution < 1.29 is 12.9 Å². The third-order valence-electron chi connectivity index (χ3n) is 2.52. The molecule has 1 atom stereocenters. The number of rotatable bonds is 3. The first-order valence-electron chi connectivity index (χ1n) is 5.02. The summed E-state index contributed by atoms with van der Waals surface area (Å²) in [4.78, 5) is 0. The summed E-state index contributed by atoms with van der Waals surface area (Å²) in [6, 6.07) is 11.4. The molecule has 0 spiro atoms. The third-order valence-corrected chi connectivity index (χ3v) is 2.84. The van der Waals surface area contributed by atoms with Crippen molar-refractivity contribution in [1.29, 1.82) is 0 Å². The summed E-state index contributed by atoms with van der Waals surface area (Å²) in [5.41, 5.74) is 1.20. The molecule has 0 fully saturated rings. The van der Waals surface area contributed by atoms with Crippen LogP contribution in [-0.2, 0) is 17.8 Å². The maximum atomic E-state index is 10.7. The molecule has 16 heavy (non-hydrogen) atoms. The molecule has 0 saturated carbocycles. The zero-order valence-corrected chi connectivity index (χ0v) is 9.66. The highest BCUT2D eigenvalue weighted by Crippen LogP contribution is 2.29. The Hall–Kier alpha value is -1.39. The highest BCUT2D eigenvalue weighted by atomic mass is 32.2. The van der Waals surface area contributed by atoms with Gasteiger partial charge in [0, 0.05) is 5.39 Å². The molecule has 2 aromatic carbocycles. The largest absolute Gasteiger partial charge is 0.379 e. The van der Waals surface area contributed by atoms with Crippen LogP contribution in [0.4, 0.5) is 0 Å². The average molecular weight is 236 g/mol. The first-order chi connectivity index (χ1) is 7.72. The van der Waals surface area contributed by atoms with Gasteiger partial charge in [-0.15, -0.1) is 0 Å². The maximum absolute atomic E-state index is 10.7. The molecular formula is C12H12O3S. The Bertz CT molecular complexity index is 537. The van der Waals surface area contributed by atoms with Gasteiger partial charge in [-0.05, 0) is 23.4 Å². The van der Waals surface area contributed by atoms with Crippen LogP contribution >= 0.6 is 0 Å². The van der Waals surface area contributed by atoms with Gasteiger partial charge < -0.3 is 4.18 Å². The van der Waals surface area contributed by atoms with E-state index in [2.05, 4.69) is 6.92 Å². The van der Waals surface area contributed by atoms with Crippen molar-refractivity contribution in [2.45, 2.75) is 13.3 Å². The lowest BCUT2D eigenvalue weighted by Crippen LogP contribution is -1.98. The molecule has 2 rings (SSSR count). The van der Waals surface area contributed by atoms with E-state index in [9.17, 15) is 4.21 Å². The summed E-state index contributed by atoms with van der Waals surface area (Å²) >= 11 is -2.28. The number of hydrogen-bond donors (Lipinski definition) is 1. The average Bonchev–Trinajstić information content (AvgIpc) is 2.29. The van der Waals surface area contributed by atoms with Crippen molar-refractivity contribution in [3.8, 4) is 5.75 Å². The van der Waals surface area contributed by atoms with Gasteiger partial charge in [-0.1, -0.05) is 37.3 Å². The van der Waals surface area contributed by atoms with Gasteiger partial charge in [0.05, 0.1) is 0 Å². The smallest absolute Gasteiger partial charge is 0.357 e. The first kappa shape index (κ1) is 11.1. The van der Waals surface area contributed by atoms with Crippen molar-refractivity contribution in [1.82, 2.24) is 0 Å². The van der Waals surface area contributed by atoms with E-state index in [1.54, 1.807) is 6.07 Å². The topological polar surface area (TPSA) is 46.5 Å². The van der Waals surface area contributed by atoms with Crippen molar-refractivity contribution in [2.75, 3.05) is 0 Å². The van der Waals surface area contributed by atoms with Crippen LogP contribution in [-0.4, -0.2) is 8.76 Å². The van der Waals surface area contributed by atoms with Gasteiger partial charge >= 0.3 is 11.4 Å². The number of benzene rings is 2. The summed E-state index contributed by atoms with van der Waals surface area (Å²) in [5, 5.41) is 1.93. The molecule has 3 nitrogen and oxygen atoms in total. The lowest BCUT2D eigenvalue weighted by Gasteiger charge is -2.08. The molecule has 0 heterocycles. The van der Waals surface area contributed by atoms with Gasteiger partial charge in [-0.3, -0.25) is 4.55 Å². The molecule has 2 aromatic rings. The maximum Gasteiger partial charge on any atom is 0.357 e. The fourth-order valence-electron chi connectivity index (χ4n) is 1.79. The minimum atomic E-state index is -2.28. The molecule has 0 amide bonds. The SMILES string of the molecule is CCc1ccc(OS(=O)O)c2ccccc12. The fourth-order valence-corrected chi connectivity index (χ4v) is 2.09. The molecule has 1 unspecified atom stereocenters. The lowest BCUT2D eigenvalue weighted by molar-refractivity contribution is 0.460. The summed E-state index contributed by atoms with van der Waals surface area (Å²) in [6.45, 7) is 2.08. The minimum absolute atomic E-state index is 0.439. The predicted molar refractivity (Wildman–Crippen MR) is 64.7 cm³/mol. The summed E-state index contributed by atoms with van der Waals surface area (Å²) in [7, 11) is 0. The third kappa shape index (κ3) is 2.08. The summed E-state index contributed by atoms with van der Waals surface area (Å²) in [6.07, 6.45) is 0.920. The molecule has 0 radical (unpaired) electrons. The zero-order chi connectivity index (χ0) is 11.5. The standard InChI is InChI=1S/C12H12O3S/c1-2-9-7-8-12(15-16(13)14)11-6-4-3-5-10(9)11/h3-8H,2H2,1H3,(H,13,14). The minimum Gasteiger partial charge on any atom is -0.379 e. The number of hydrogen-bond acceptors (Lipinski definition) is 2.